The molecule has 0 unspecified atom stereocenters. The van der Waals surface area contributed by atoms with Crippen LogP contribution in [0.1, 0.15) is 19.3 Å². The molecule has 2 N–H and O–H groups in total. The van der Waals surface area contributed by atoms with Crippen LogP contribution in [0.3, 0.4) is 0 Å². The summed E-state index contributed by atoms with van der Waals surface area (Å²) in [6.07, 6.45) is 7.33. The molecule has 7 nitrogen and oxygen atoms in total. The Hall–Kier alpha value is -3.45. The van der Waals surface area contributed by atoms with Crippen LogP contribution in [-0.2, 0) is 0 Å². The number of benzene rings is 1. The highest BCUT2D eigenvalue weighted by Crippen LogP contribution is 2.27. The zero-order chi connectivity index (χ0) is 21.0. The van der Waals surface area contributed by atoms with Crippen LogP contribution in [-0.4, -0.2) is 51.3 Å². The van der Waals surface area contributed by atoms with Gasteiger partial charge in [0.2, 0.25) is 0 Å². The molecular formula is C24H25N5O2. The van der Waals surface area contributed by atoms with Gasteiger partial charge in [0.1, 0.15) is 12.4 Å². The second-order valence-electron chi connectivity index (χ2n) is 7.91. The molecule has 1 saturated heterocycles. The molecular weight excluding hydrogens is 390 g/mol. The van der Waals surface area contributed by atoms with Gasteiger partial charge in [0.25, 0.3) is 5.56 Å². The maximum atomic E-state index is 12.5. The van der Waals surface area contributed by atoms with Gasteiger partial charge in [0, 0.05) is 35.4 Å². The van der Waals surface area contributed by atoms with Crippen LogP contribution < -0.4 is 10.3 Å². The molecule has 7 heteroatoms. The molecule has 1 aliphatic heterocycles. The van der Waals surface area contributed by atoms with Crippen molar-refractivity contribution >= 4 is 10.9 Å². The molecule has 158 valence electrons. The Morgan fingerprint density at radius 3 is 2.68 bits per heavy atom. The summed E-state index contributed by atoms with van der Waals surface area (Å²) in [5, 5.41) is 7.78. The number of nitrogens with one attached hydrogen (secondary N) is 2. The third-order valence-corrected chi connectivity index (χ3v) is 5.79. The van der Waals surface area contributed by atoms with Crippen molar-refractivity contribution in [3.8, 4) is 28.3 Å². The average molecular weight is 415 g/mol. The van der Waals surface area contributed by atoms with Gasteiger partial charge in [-0.05, 0) is 68.4 Å². The maximum Gasteiger partial charge on any atom is 0.273 e. The van der Waals surface area contributed by atoms with Crippen molar-refractivity contribution in [2.24, 2.45) is 0 Å². The number of likely N-dealkylation sites (tertiary alicyclic amines) is 1. The van der Waals surface area contributed by atoms with Crippen molar-refractivity contribution in [2.75, 3.05) is 26.2 Å². The van der Waals surface area contributed by atoms with Gasteiger partial charge in [0.15, 0.2) is 0 Å². The standard InChI is InChI=1S/C24H25N5O2/c30-24-20(16-22(27-28-24)17-6-8-25-9-7-17)23-15-18-14-19(4-5-21(18)26-23)31-13-12-29-10-2-1-3-11-29/h4-9,14-16,26H,1-3,10-13H2,(H,28,30). The minimum absolute atomic E-state index is 0.234. The Kier molecular flexibility index (Phi) is 5.50. The van der Waals surface area contributed by atoms with E-state index >= 15 is 0 Å². The minimum Gasteiger partial charge on any atom is -0.492 e. The second-order valence-corrected chi connectivity index (χ2v) is 7.91. The molecule has 1 aliphatic rings. The lowest BCUT2D eigenvalue weighted by Gasteiger charge is -2.26. The largest absolute Gasteiger partial charge is 0.492 e. The number of pyridine rings is 1. The molecule has 31 heavy (non-hydrogen) atoms. The summed E-state index contributed by atoms with van der Waals surface area (Å²) in [7, 11) is 0. The van der Waals surface area contributed by atoms with Crippen LogP contribution in [0.2, 0.25) is 0 Å². The summed E-state index contributed by atoms with van der Waals surface area (Å²) in [4.78, 5) is 22.3. The average Bonchev–Trinajstić information content (AvgIpc) is 3.24. The summed E-state index contributed by atoms with van der Waals surface area (Å²) in [5.74, 6) is 0.844. The fraction of sp³-hybridized carbons (Fsp3) is 0.292. The van der Waals surface area contributed by atoms with Crippen molar-refractivity contribution in [2.45, 2.75) is 19.3 Å². The predicted octanol–water partition coefficient (Wildman–Crippen LogP) is 3.84. The van der Waals surface area contributed by atoms with Crippen molar-refractivity contribution < 1.29 is 4.74 Å². The molecule has 0 bridgehead atoms. The number of aromatic amines is 2. The van der Waals surface area contributed by atoms with Crippen LogP contribution in [0.25, 0.3) is 33.4 Å². The van der Waals surface area contributed by atoms with Gasteiger partial charge in [-0.2, -0.15) is 5.10 Å². The normalized spacial score (nSPS) is 14.7. The Morgan fingerprint density at radius 1 is 1.00 bits per heavy atom. The first kappa shape index (κ1) is 19.5. The van der Waals surface area contributed by atoms with Gasteiger partial charge < -0.3 is 9.72 Å². The van der Waals surface area contributed by atoms with Crippen LogP contribution in [0.15, 0.2) is 59.7 Å². The van der Waals surface area contributed by atoms with E-state index in [-0.39, 0.29) is 5.56 Å². The topological polar surface area (TPSA) is 86.9 Å². The Morgan fingerprint density at radius 2 is 1.84 bits per heavy atom. The zero-order valence-electron chi connectivity index (χ0n) is 17.3. The third-order valence-electron chi connectivity index (χ3n) is 5.79. The van der Waals surface area contributed by atoms with Crippen molar-refractivity contribution in [1.29, 1.82) is 0 Å². The van der Waals surface area contributed by atoms with Crippen molar-refractivity contribution in [1.82, 2.24) is 25.1 Å². The summed E-state index contributed by atoms with van der Waals surface area (Å²) < 4.78 is 5.99. The van der Waals surface area contributed by atoms with Gasteiger partial charge in [-0.3, -0.25) is 14.7 Å². The fourth-order valence-electron chi connectivity index (χ4n) is 4.10. The number of piperidine rings is 1. The van der Waals surface area contributed by atoms with E-state index in [2.05, 4.69) is 25.1 Å². The van der Waals surface area contributed by atoms with Crippen molar-refractivity contribution in [3.63, 3.8) is 0 Å². The van der Waals surface area contributed by atoms with Crippen LogP contribution in [0, 0.1) is 0 Å². The SMILES string of the molecule is O=c1[nH]nc(-c2ccncc2)cc1-c1cc2cc(OCCN3CCCCC3)ccc2[nH]1. The maximum absolute atomic E-state index is 12.5. The number of aromatic nitrogens is 4. The molecule has 4 heterocycles. The molecule has 4 aromatic rings. The van der Waals surface area contributed by atoms with E-state index in [0.29, 0.717) is 17.9 Å². The number of fused-ring (bicyclic) bond motifs is 1. The molecule has 0 radical (unpaired) electrons. The van der Waals surface area contributed by atoms with Gasteiger partial charge in [-0.1, -0.05) is 6.42 Å². The third kappa shape index (κ3) is 4.36. The van der Waals surface area contributed by atoms with Crippen LogP contribution in [0.5, 0.6) is 5.75 Å². The van der Waals surface area contributed by atoms with Gasteiger partial charge in [-0.25, -0.2) is 5.10 Å². The van der Waals surface area contributed by atoms with Crippen molar-refractivity contribution in [3.05, 3.63) is 65.2 Å². The number of hydrogen-bond donors (Lipinski definition) is 2. The zero-order valence-corrected chi connectivity index (χ0v) is 17.3. The molecule has 0 saturated carbocycles. The Labute approximate surface area is 180 Å². The predicted molar refractivity (Wildman–Crippen MR) is 121 cm³/mol. The van der Waals surface area contributed by atoms with Gasteiger partial charge >= 0.3 is 0 Å². The first-order valence-corrected chi connectivity index (χ1v) is 10.7. The molecule has 0 spiro atoms. The van der Waals surface area contributed by atoms with E-state index in [1.54, 1.807) is 18.5 Å². The lowest BCUT2D eigenvalue weighted by molar-refractivity contribution is 0.183. The number of nitrogens with zero attached hydrogens (tertiary/aromatic N) is 3. The monoisotopic (exact) mass is 415 g/mol. The van der Waals surface area contributed by atoms with E-state index in [9.17, 15) is 4.79 Å². The van der Waals surface area contributed by atoms with E-state index in [1.165, 1.54) is 32.4 Å². The number of hydrogen-bond acceptors (Lipinski definition) is 5. The molecule has 1 fully saturated rings. The first-order chi connectivity index (χ1) is 15.3. The first-order valence-electron chi connectivity index (χ1n) is 10.7. The number of H-pyrrole nitrogens is 2. The van der Waals surface area contributed by atoms with E-state index < -0.39 is 0 Å². The molecule has 0 amide bonds. The molecule has 1 aromatic carbocycles. The summed E-state index contributed by atoms with van der Waals surface area (Å²) in [5.41, 5.74) is 3.61. The molecule has 0 aliphatic carbocycles. The Balaban J connectivity index is 1.36. The second kappa shape index (κ2) is 8.73. The lowest BCUT2D eigenvalue weighted by Crippen LogP contribution is -2.33. The van der Waals surface area contributed by atoms with Gasteiger partial charge in [0.05, 0.1) is 17.0 Å². The van der Waals surface area contributed by atoms with E-state index in [0.717, 1.165) is 34.5 Å². The highest BCUT2D eigenvalue weighted by Gasteiger charge is 2.12. The smallest absolute Gasteiger partial charge is 0.273 e. The van der Waals surface area contributed by atoms with Crippen LogP contribution in [0.4, 0.5) is 0 Å². The fourth-order valence-corrected chi connectivity index (χ4v) is 4.10. The molecule has 3 aromatic heterocycles. The van der Waals surface area contributed by atoms with Gasteiger partial charge in [-0.15, -0.1) is 0 Å². The lowest BCUT2D eigenvalue weighted by atomic mass is 10.1. The quantitative estimate of drug-likeness (QED) is 0.500. The highest BCUT2D eigenvalue weighted by atomic mass is 16.5. The number of ether oxygens (including phenoxy) is 1. The molecule has 0 atom stereocenters. The Bertz CT molecular complexity index is 1230. The summed E-state index contributed by atoms with van der Waals surface area (Å²) in [6.45, 7) is 3.99. The summed E-state index contributed by atoms with van der Waals surface area (Å²) >= 11 is 0. The summed E-state index contributed by atoms with van der Waals surface area (Å²) in [6, 6.07) is 13.5. The minimum atomic E-state index is -0.234. The van der Waals surface area contributed by atoms with Crippen LogP contribution >= 0.6 is 0 Å². The number of rotatable bonds is 6. The molecule has 5 rings (SSSR count). The highest BCUT2D eigenvalue weighted by molar-refractivity contribution is 5.87. The van der Waals surface area contributed by atoms with E-state index in [4.69, 9.17) is 4.74 Å². The van der Waals surface area contributed by atoms with E-state index in [1.807, 2.05) is 36.4 Å².